The van der Waals surface area contributed by atoms with Crippen LogP contribution in [0.4, 0.5) is 0 Å². The number of methoxy groups -OCH3 is 1. The van der Waals surface area contributed by atoms with Crippen LogP contribution in [0.15, 0.2) is 12.2 Å². The Morgan fingerprint density at radius 2 is 1.71 bits per heavy atom. The van der Waals surface area contributed by atoms with Crippen molar-refractivity contribution in [2.24, 2.45) is 35.5 Å². The topological polar surface area (TPSA) is 65.1 Å². The van der Waals surface area contributed by atoms with Gasteiger partial charge in [-0.2, -0.15) is 4.31 Å². The molecule has 0 radical (unpaired) electrons. The third-order valence-electron chi connectivity index (χ3n) is 11.6. The van der Waals surface area contributed by atoms with Crippen LogP contribution in [0, 0.1) is 35.5 Å². The van der Waals surface area contributed by atoms with E-state index in [0.29, 0.717) is 37.5 Å². The van der Waals surface area contributed by atoms with E-state index >= 15 is 0 Å². The summed E-state index contributed by atoms with van der Waals surface area (Å²) in [5.41, 5.74) is 0. The first kappa shape index (κ1) is 29.0. The largest absolute Gasteiger partial charge is 0.383 e. The lowest BCUT2D eigenvalue weighted by atomic mass is 9.60. The molecular weight excluding hydrogens is 496 g/mol. The fourth-order valence-electron chi connectivity index (χ4n) is 9.12. The SMILES string of the molecule is CCC1NCC(S(=O)(=O)N2C/C=C\CN3C(C2)[C@H](C2CCC(C4CCCC(C)C4C)CC2)[C@H]3COC)N1C. The van der Waals surface area contributed by atoms with Crippen molar-refractivity contribution >= 4 is 10.0 Å². The Kier molecular flexibility index (Phi) is 9.28. The molecule has 0 aromatic rings. The highest BCUT2D eigenvalue weighted by atomic mass is 32.2. The Bertz CT molecular complexity index is 920. The molecule has 8 atom stereocenters. The van der Waals surface area contributed by atoms with Gasteiger partial charge in [-0.3, -0.25) is 15.1 Å². The molecule has 0 bridgehead atoms. The summed E-state index contributed by atoms with van der Waals surface area (Å²) in [6.45, 7) is 10.3. The molecule has 2 aliphatic carbocycles. The van der Waals surface area contributed by atoms with E-state index in [-0.39, 0.29) is 12.2 Å². The maximum absolute atomic E-state index is 13.9. The Balaban J connectivity index is 1.29. The van der Waals surface area contributed by atoms with Gasteiger partial charge in [-0.05, 0) is 81.1 Å². The second kappa shape index (κ2) is 12.2. The van der Waals surface area contributed by atoms with Gasteiger partial charge >= 0.3 is 0 Å². The fraction of sp³-hybridized carbons (Fsp3) is 0.933. The Morgan fingerprint density at radius 3 is 2.39 bits per heavy atom. The zero-order valence-electron chi connectivity index (χ0n) is 24.6. The van der Waals surface area contributed by atoms with Crippen molar-refractivity contribution in [3.8, 4) is 0 Å². The molecule has 2 saturated heterocycles. The first-order chi connectivity index (χ1) is 18.3. The van der Waals surface area contributed by atoms with Crippen LogP contribution in [-0.2, 0) is 14.8 Å². The second-order valence-electron chi connectivity index (χ2n) is 13.3. The zero-order chi connectivity index (χ0) is 27.0. The number of hydrogen-bond donors (Lipinski definition) is 1. The molecule has 1 N–H and O–H groups in total. The summed E-state index contributed by atoms with van der Waals surface area (Å²) < 4.78 is 35.4. The van der Waals surface area contributed by atoms with Crippen molar-refractivity contribution < 1.29 is 13.2 Å². The third kappa shape index (κ3) is 5.39. The molecule has 3 aliphatic heterocycles. The van der Waals surface area contributed by atoms with E-state index in [0.717, 1.165) is 43.2 Å². The van der Waals surface area contributed by atoms with Crippen LogP contribution in [0.25, 0.3) is 0 Å². The lowest BCUT2D eigenvalue weighted by Gasteiger charge is -2.60. The number of likely N-dealkylation sites (N-methyl/N-ethyl adjacent to an activating group) is 1. The number of hydrogen-bond acceptors (Lipinski definition) is 6. The average Bonchev–Trinajstić information content (AvgIpc) is 3.28. The van der Waals surface area contributed by atoms with Gasteiger partial charge in [0, 0.05) is 45.4 Å². The predicted molar refractivity (Wildman–Crippen MR) is 154 cm³/mol. The van der Waals surface area contributed by atoms with E-state index < -0.39 is 15.4 Å². The summed E-state index contributed by atoms with van der Waals surface area (Å²) in [6.07, 6.45) is 14.8. The van der Waals surface area contributed by atoms with E-state index in [9.17, 15) is 8.42 Å². The molecule has 218 valence electrons. The second-order valence-corrected chi connectivity index (χ2v) is 15.3. The standard InChI is InChI=1S/C30H54N4O3S/c1-6-28-31-18-29(32(28)4)38(35,36)33-16-7-8-17-34-26(19-33)30(27(34)20-37-5)24-14-12-23(13-15-24)25-11-9-10-21(2)22(25)3/h7-8,21-31H,6,9-20H2,1-5H3/b8-7-/t21?,22?,23?,24?,25?,26?,27-,28?,29?,30+/m1/s1. The number of nitrogens with zero attached hydrogens (tertiary/aromatic N) is 3. The molecule has 5 rings (SSSR count). The van der Waals surface area contributed by atoms with Gasteiger partial charge in [0.15, 0.2) is 0 Å². The predicted octanol–water partition coefficient (Wildman–Crippen LogP) is 3.98. The van der Waals surface area contributed by atoms with Crippen molar-refractivity contribution in [3.63, 3.8) is 0 Å². The molecule has 0 aromatic heterocycles. The lowest BCUT2D eigenvalue weighted by molar-refractivity contribution is -0.119. The van der Waals surface area contributed by atoms with Crippen LogP contribution in [-0.4, -0.2) is 93.1 Å². The van der Waals surface area contributed by atoms with Gasteiger partial charge in [-0.25, -0.2) is 8.42 Å². The molecule has 5 aliphatic rings. The Hall–Kier alpha value is -0.510. The van der Waals surface area contributed by atoms with Gasteiger partial charge < -0.3 is 4.74 Å². The minimum atomic E-state index is -3.45. The fourth-order valence-corrected chi connectivity index (χ4v) is 11.0. The quantitative estimate of drug-likeness (QED) is 0.484. The third-order valence-corrected chi connectivity index (χ3v) is 13.8. The van der Waals surface area contributed by atoms with Crippen LogP contribution in [0.1, 0.15) is 72.1 Å². The van der Waals surface area contributed by atoms with Gasteiger partial charge in [0.1, 0.15) is 5.37 Å². The van der Waals surface area contributed by atoms with E-state index in [1.807, 2.05) is 19.1 Å². The molecule has 0 amide bonds. The van der Waals surface area contributed by atoms with Gasteiger partial charge in [0.25, 0.3) is 0 Å². The van der Waals surface area contributed by atoms with Gasteiger partial charge in [-0.15, -0.1) is 0 Å². The maximum Gasteiger partial charge on any atom is 0.232 e. The average molecular weight is 551 g/mol. The summed E-state index contributed by atoms with van der Waals surface area (Å²) >= 11 is 0. The molecule has 3 heterocycles. The highest BCUT2D eigenvalue weighted by molar-refractivity contribution is 7.89. The number of fused-ring (bicyclic) bond motifs is 1. The van der Waals surface area contributed by atoms with Crippen LogP contribution in [0.3, 0.4) is 0 Å². The molecule has 38 heavy (non-hydrogen) atoms. The van der Waals surface area contributed by atoms with Crippen LogP contribution < -0.4 is 5.32 Å². The molecule has 2 saturated carbocycles. The summed E-state index contributed by atoms with van der Waals surface area (Å²) in [4.78, 5) is 4.56. The first-order valence-electron chi connectivity index (χ1n) is 15.6. The molecule has 8 heteroatoms. The van der Waals surface area contributed by atoms with Gasteiger partial charge in [-0.1, -0.05) is 45.8 Å². The summed E-state index contributed by atoms with van der Waals surface area (Å²) in [6, 6.07) is 0.680. The van der Waals surface area contributed by atoms with Crippen molar-refractivity contribution in [1.82, 2.24) is 19.4 Å². The Labute approximate surface area is 232 Å². The summed E-state index contributed by atoms with van der Waals surface area (Å²) in [5, 5.41) is 2.92. The van der Waals surface area contributed by atoms with E-state index in [1.54, 1.807) is 4.31 Å². The number of ether oxygens (including phenoxy) is 1. The molecule has 4 fully saturated rings. The van der Waals surface area contributed by atoms with Crippen molar-refractivity contribution in [1.29, 1.82) is 0 Å². The van der Waals surface area contributed by atoms with Crippen LogP contribution in [0.2, 0.25) is 0 Å². The number of sulfonamides is 1. The summed E-state index contributed by atoms with van der Waals surface area (Å²) in [7, 11) is 0.323. The smallest absolute Gasteiger partial charge is 0.232 e. The maximum atomic E-state index is 13.9. The molecule has 7 nitrogen and oxygen atoms in total. The zero-order valence-corrected chi connectivity index (χ0v) is 25.4. The number of nitrogens with one attached hydrogen (secondary N) is 1. The molecule has 6 unspecified atom stereocenters. The molecule has 0 aromatic carbocycles. The Morgan fingerprint density at radius 1 is 1.00 bits per heavy atom. The molecular formula is C30H54N4O3S. The number of rotatable bonds is 7. The normalized spacial score (nSPS) is 44.7. The van der Waals surface area contributed by atoms with Crippen LogP contribution in [0.5, 0.6) is 0 Å². The van der Waals surface area contributed by atoms with E-state index in [4.69, 9.17) is 4.74 Å². The lowest BCUT2D eigenvalue weighted by Crippen LogP contribution is -2.71. The summed E-state index contributed by atoms with van der Waals surface area (Å²) in [5.74, 6) is 4.72. The first-order valence-corrected chi connectivity index (χ1v) is 17.1. The highest BCUT2D eigenvalue weighted by Gasteiger charge is 2.54. The minimum Gasteiger partial charge on any atom is -0.383 e. The van der Waals surface area contributed by atoms with Crippen molar-refractivity contribution in [3.05, 3.63) is 12.2 Å². The van der Waals surface area contributed by atoms with Crippen LogP contribution >= 0.6 is 0 Å². The minimum absolute atomic E-state index is 0.129. The van der Waals surface area contributed by atoms with E-state index in [2.05, 4.69) is 43.1 Å². The van der Waals surface area contributed by atoms with Gasteiger partial charge in [0.05, 0.1) is 12.8 Å². The van der Waals surface area contributed by atoms with Crippen molar-refractivity contribution in [2.75, 3.05) is 46.9 Å². The van der Waals surface area contributed by atoms with Gasteiger partial charge in [0.2, 0.25) is 10.0 Å². The van der Waals surface area contributed by atoms with E-state index in [1.165, 1.54) is 44.9 Å². The monoisotopic (exact) mass is 550 g/mol. The highest BCUT2D eigenvalue weighted by Crippen LogP contribution is 2.50. The van der Waals surface area contributed by atoms with Crippen molar-refractivity contribution in [2.45, 2.75) is 95.8 Å². The molecule has 0 spiro atoms.